The number of aliphatic hydroxyl groups excluding tert-OH is 1. The van der Waals surface area contributed by atoms with Crippen LogP contribution in [0.4, 0.5) is 4.39 Å². The summed E-state index contributed by atoms with van der Waals surface area (Å²) in [4.78, 5) is 25.2. The van der Waals surface area contributed by atoms with Gasteiger partial charge in [0.15, 0.2) is 0 Å². The van der Waals surface area contributed by atoms with Gasteiger partial charge in [-0.25, -0.2) is 9.37 Å². The molecule has 4 heterocycles. The van der Waals surface area contributed by atoms with Crippen molar-refractivity contribution in [3.63, 3.8) is 0 Å². The third-order valence-electron chi connectivity index (χ3n) is 8.49. The second kappa shape index (κ2) is 8.73. The summed E-state index contributed by atoms with van der Waals surface area (Å²) < 4.78 is 17.0. The molecule has 1 amide bonds. The molecule has 8 nitrogen and oxygen atoms in total. The highest BCUT2D eigenvalue weighted by Gasteiger charge is 2.47. The molecule has 0 saturated heterocycles. The first kappa shape index (κ1) is 23.0. The number of hydrogen-bond acceptors (Lipinski definition) is 5. The van der Waals surface area contributed by atoms with Gasteiger partial charge in [-0.1, -0.05) is 12.1 Å². The number of aromatic amines is 1. The fourth-order valence-corrected chi connectivity index (χ4v) is 6.65. The summed E-state index contributed by atoms with van der Waals surface area (Å²) in [6.45, 7) is 0.102. The highest BCUT2D eigenvalue weighted by molar-refractivity contribution is 6.13. The Kier molecular flexibility index (Phi) is 5.29. The number of carbonyl (C=O) groups excluding carboxylic acids is 1. The number of benzene rings is 1. The average molecular weight is 511 g/mol. The number of amides is 1. The van der Waals surface area contributed by atoms with E-state index in [0.29, 0.717) is 39.6 Å². The number of H-pyrrole nitrogens is 1. The topological polar surface area (TPSA) is 109 Å². The van der Waals surface area contributed by atoms with Crippen molar-refractivity contribution in [3.05, 3.63) is 66.5 Å². The fraction of sp³-hybridized carbons (Fsp3) is 0.310. The van der Waals surface area contributed by atoms with Gasteiger partial charge >= 0.3 is 0 Å². The number of aliphatic hydroxyl groups is 1. The zero-order valence-electron chi connectivity index (χ0n) is 20.9. The molecule has 192 valence electrons. The van der Waals surface area contributed by atoms with Gasteiger partial charge < -0.3 is 15.4 Å². The van der Waals surface area contributed by atoms with Gasteiger partial charge in [-0.05, 0) is 54.9 Å². The van der Waals surface area contributed by atoms with E-state index < -0.39 is 5.82 Å². The Labute approximate surface area is 217 Å². The number of carbonyl (C=O) groups is 1. The molecule has 0 radical (unpaired) electrons. The van der Waals surface area contributed by atoms with Crippen molar-refractivity contribution in [1.82, 2.24) is 30.0 Å². The lowest BCUT2D eigenvalue weighted by Crippen LogP contribution is -2.45. The molecule has 2 unspecified atom stereocenters. The third kappa shape index (κ3) is 3.60. The Morgan fingerprint density at radius 2 is 1.95 bits per heavy atom. The Morgan fingerprint density at radius 1 is 1.13 bits per heavy atom. The van der Waals surface area contributed by atoms with Gasteiger partial charge in [0.2, 0.25) is 0 Å². The molecule has 2 aliphatic rings. The van der Waals surface area contributed by atoms with Crippen molar-refractivity contribution in [3.8, 4) is 22.4 Å². The van der Waals surface area contributed by atoms with Crippen LogP contribution in [0.25, 0.3) is 44.3 Å². The minimum atomic E-state index is -0.442. The zero-order valence-corrected chi connectivity index (χ0v) is 20.9. The predicted molar refractivity (Wildman–Crippen MR) is 142 cm³/mol. The summed E-state index contributed by atoms with van der Waals surface area (Å²) in [5.41, 5.74) is 4.51. The number of halogens is 1. The predicted octanol–water partition coefficient (Wildman–Crippen LogP) is 4.45. The van der Waals surface area contributed by atoms with Crippen LogP contribution in [0, 0.1) is 23.6 Å². The molecule has 4 aromatic heterocycles. The van der Waals surface area contributed by atoms with Crippen molar-refractivity contribution >= 4 is 27.8 Å². The Hall–Kier alpha value is -4.11. The molecule has 9 heteroatoms. The van der Waals surface area contributed by atoms with Crippen molar-refractivity contribution in [2.75, 3.05) is 6.61 Å². The Bertz CT molecular complexity index is 1690. The van der Waals surface area contributed by atoms with Crippen LogP contribution < -0.4 is 5.32 Å². The number of nitrogens with one attached hydrogen (secondary N) is 2. The molecule has 1 aromatic carbocycles. The number of aromatic nitrogens is 5. The van der Waals surface area contributed by atoms with E-state index in [-0.39, 0.29) is 24.5 Å². The maximum absolute atomic E-state index is 15.3. The minimum absolute atomic E-state index is 0.0111. The van der Waals surface area contributed by atoms with Crippen molar-refractivity contribution in [1.29, 1.82) is 0 Å². The number of fused-ring (bicyclic) bond motifs is 5. The van der Waals surface area contributed by atoms with Gasteiger partial charge in [0.1, 0.15) is 11.5 Å². The first-order valence-corrected chi connectivity index (χ1v) is 13.0. The van der Waals surface area contributed by atoms with Gasteiger partial charge in [0.25, 0.3) is 5.91 Å². The molecule has 0 spiro atoms. The van der Waals surface area contributed by atoms with Gasteiger partial charge in [0.05, 0.1) is 29.8 Å². The monoisotopic (exact) mass is 510 g/mol. The second-order valence-electron chi connectivity index (χ2n) is 10.6. The minimum Gasteiger partial charge on any atom is -0.396 e. The van der Waals surface area contributed by atoms with E-state index in [1.165, 1.54) is 6.20 Å². The number of hydrogen-bond donors (Lipinski definition) is 3. The van der Waals surface area contributed by atoms with Crippen LogP contribution in [0.3, 0.4) is 0 Å². The summed E-state index contributed by atoms with van der Waals surface area (Å²) in [6, 6.07) is 8.95. The van der Waals surface area contributed by atoms with Crippen LogP contribution in [0.15, 0.2) is 55.1 Å². The van der Waals surface area contributed by atoms with Gasteiger partial charge in [-0.2, -0.15) is 5.10 Å². The first-order chi connectivity index (χ1) is 18.5. The normalized spacial score (nSPS) is 22.5. The SMILES string of the molecule is Cn1cc(-c2cc3c(cn2)[nH]c2ncc(F)c(-c4ccc(C(=O)N[C@@H]5C6CCC(C6)[C@@H]5CO)cc4)c23)cn1. The summed E-state index contributed by atoms with van der Waals surface area (Å²) in [6.07, 6.45) is 9.88. The van der Waals surface area contributed by atoms with Gasteiger partial charge in [-0.15, -0.1) is 0 Å². The standard InChI is InChI=1S/C29H27FN6O2/c1-36-13-19(10-33-36)23-9-20-24(12-31-23)34-28-26(20)25(22(30)11-32-28)15-2-4-16(5-3-15)29(38)35-27-18-7-6-17(8-18)21(27)14-37/h2-5,9-13,17-18,21,27,37H,6-8,14H2,1H3,(H,32,34)(H,35,38)/t17?,18?,21-,27+/m0/s1. The fourth-order valence-electron chi connectivity index (χ4n) is 6.65. The van der Waals surface area contributed by atoms with E-state index >= 15 is 4.39 Å². The number of rotatable bonds is 5. The van der Waals surface area contributed by atoms with Crippen LogP contribution in [0.1, 0.15) is 29.6 Å². The quantitative estimate of drug-likeness (QED) is 0.324. The first-order valence-electron chi connectivity index (χ1n) is 13.0. The lowest BCUT2D eigenvalue weighted by molar-refractivity contribution is 0.0861. The number of aryl methyl sites for hydroxylation is 1. The molecule has 4 atom stereocenters. The van der Waals surface area contributed by atoms with Crippen LogP contribution in [0.2, 0.25) is 0 Å². The van der Waals surface area contributed by atoms with Crippen LogP contribution >= 0.6 is 0 Å². The smallest absolute Gasteiger partial charge is 0.251 e. The zero-order chi connectivity index (χ0) is 26.0. The van der Waals surface area contributed by atoms with Crippen molar-refractivity contribution in [2.45, 2.75) is 25.3 Å². The third-order valence-corrected chi connectivity index (χ3v) is 8.49. The molecular weight excluding hydrogens is 483 g/mol. The molecule has 2 bridgehead atoms. The maximum atomic E-state index is 15.3. The molecule has 2 fully saturated rings. The molecule has 7 rings (SSSR count). The lowest BCUT2D eigenvalue weighted by atomic mass is 9.85. The van der Waals surface area contributed by atoms with Gasteiger partial charge in [0, 0.05) is 59.3 Å². The van der Waals surface area contributed by atoms with Crippen LogP contribution in [-0.2, 0) is 7.05 Å². The van der Waals surface area contributed by atoms with E-state index in [2.05, 4.69) is 25.4 Å². The lowest BCUT2D eigenvalue weighted by Gasteiger charge is -2.30. The summed E-state index contributed by atoms with van der Waals surface area (Å²) >= 11 is 0. The highest BCUT2D eigenvalue weighted by atomic mass is 19.1. The summed E-state index contributed by atoms with van der Waals surface area (Å²) in [5, 5.41) is 18.7. The Morgan fingerprint density at radius 3 is 2.71 bits per heavy atom. The number of pyridine rings is 2. The maximum Gasteiger partial charge on any atom is 0.251 e. The summed E-state index contributed by atoms with van der Waals surface area (Å²) in [7, 11) is 1.85. The average Bonchev–Trinajstić information content (AvgIpc) is 3.72. The van der Waals surface area contributed by atoms with Crippen LogP contribution in [-0.4, -0.2) is 48.4 Å². The molecule has 0 aliphatic heterocycles. The summed E-state index contributed by atoms with van der Waals surface area (Å²) in [5.74, 6) is 0.465. The largest absolute Gasteiger partial charge is 0.396 e. The van der Waals surface area contributed by atoms with E-state index in [0.717, 1.165) is 41.4 Å². The molecule has 3 N–H and O–H groups in total. The van der Waals surface area contributed by atoms with E-state index in [1.807, 2.05) is 19.3 Å². The second-order valence-corrected chi connectivity index (χ2v) is 10.6. The van der Waals surface area contributed by atoms with Gasteiger partial charge in [-0.3, -0.25) is 14.5 Å². The van der Waals surface area contributed by atoms with E-state index in [4.69, 9.17) is 0 Å². The molecule has 5 aromatic rings. The van der Waals surface area contributed by atoms with Crippen molar-refractivity contribution < 1.29 is 14.3 Å². The van der Waals surface area contributed by atoms with E-state index in [9.17, 15) is 9.90 Å². The molecule has 38 heavy (non-hydrogen) atoms. The van der Waals surface area contributed by atoms with Crippen molar-refractivity contribution in [2.24, 2.45) is 24.8 Å². The molecular formula is C29H27FN6O2. The highest BCUT2D eigenvalue weighted by Crippen LogP contribution is 2.48. The number of nitrogens with zero attached hydrogens (tertiary/aromatic N) is 4. The van der Waals surface area contributed by atoms with Crippen LogP contribution in [0.5, 0.6) is 0 Å². The van der Waals surface area contributed by atoms with E-state index in [1.54, 1.807) is 41.3 Å². The Balaban J connectivity index is 1.24. The molecule has 2 saturated carbocycles. The molecule has 2 aliphatic carbocycles.